The van der Waals surface area contributed by atoms with E-state index in [1.807, 2.05) is 49.4 Å². The van der Waals surface area contributed by atoms with E-state index < -0.39 is 0 Å². The summed E-state index contributed by atoms with van der Waals surface area (Å²) in [6, 6.07) is 18.5. The molecule has 3 rings (SSSR count). The van der Waals surface area contributed by atoms with E-state index in [1.54, 1.807) is 24.4 Å². The fraction of sp³-hybridized carbons (Fsp3) is 0.143. The molecule has 0 aliphatic carbocycles. The maximum absolute atomic E-state index is 12.3. The van der Waals surface area contributed by atoms with Crippen LogP contribution < -0.4 is 15.4 Å². The molecule has 0 atom stereocenters. The van der Waals surface area contributed by atoms with Gasteiger partial charge in [0.25, 0.3) is 5.91 Å². The molecule has 3 aromatic rings. The largest absolute Gasteiger partial charge is 0.492 e. The Morgan fingerprint density at radius 3 is 2.56 bits per heavy atom. The van der Waals surface area contributed by atoms with E-state index in [1.165, 1.54) is 0 Å². The van der Waals surface area contributed by atoms with Crippen LogP contribution in [0.3, 0.4) is 0 Å². The third-order valence-electron chi connectivity index (χ3n) is 3.83. The molecule has 5 nitrogen and oxygen atoms in total. The smallest absolute Gasteiger partial charge is 0.270 e. The van der Waals surface area contributed by atoms with Crippen LogP contribution in [0, 0.1) is 0 Å². The molecule has 0 aliphatic heterocycles. The van der Waals surface area contributed by atoms with Gasteiger partial charge in [-0.2, -0.15) is 0 Å². The summed E-state index contributed by atoms with van der Waals surface area (Å²) >= 11 is 5.86. The lowest BCUT2D eigenvalue weighted by molar-refractivity contribution is 0.0946. The van der Waals surface area contributed by atoms with Gasteiger partial charge in [0, 0.05) is 11.6 Å². The van der Waals surface area contributed by atoms with Gasteiger partial charge in [-0.1, -0.05) is 35.9 Å². The molecular formula is C21H20ClN3O2. The number of para-hydroxylation sites is 2. The Labute approximate surface area is 163 Å². The van der Waals surface area contributed by atoms with Gasteiger partial charge in [-0.25, -0.2) is 4.98 Å². The third-order valence-corrected chi connectivity index (χ3v) is 4.08. The summed E-state index contributed by atoms with van der Waals surface area (Å²) in [7, 11) is 0. The Morgan fingerprint density at radius 1 is 1.07 bits per heavy atom. The average Bonchev–Trinajstić information content (AvgIpc) is 2.69. The first-order chi connectivity index (χ1) is 13.2. The molecule has 138 valence electrons. The van der Waals surface area contributed by atoms with E-state index in [0.717, 1.165) is 22.7 Å². The number of rotatable bonds is 7. The quantitative estimate of drug-likeness (QED) is 0.616. The first-order valence-electron chi connectivity index (χ1n) is 8.63. The predicted octanol–water partition coefficient (Wildman–Crippen LogP) is 4.81. The number of carbonyl (C=O) groups excluding carboxylic acids is 1. The molecular weight excluding hydrogens is 362 g/mol. The van der Waals surface area contributed by atoms with Gasteiger partial charge in [0.1, 0.15) is 11.4 Å². The zero-order valence-corrected chi connectivity index (χ0v) is 15.7. The lowest BCUT2D eigenvalue weighted by atomic mass is 10.2. The minimum atomic E-state index is -0.230. The Balaban J connectivity index is 1.61. The van der Waals surface area contributed by atoms with E-state index in [2.05, 4.69) is 15.6 Å². The van der Waals surface area contributed by atoms with E-state index in [0.29, 0.717) is 23.9 Å². The summed E-state index contributed by atoms with van der Waals surface area (Å²) in [5, 5.41) is 6.77. The first kappa shape index (κ1) is 18.7. The number of anilines is 2. The zero-order valence-electron chi connectivity index (χ0n) is 14.9. The minimum absolute atomic E-state index is 0.230. The molecule has 0 saturated heterocycles. The topological polar surface area (TPSA) is 63.2 Å². The van der Waals surface area contributed by atoms with Crippen LogP contribution in [0.1, 0.15) is 23.0 Å². The Bertz CT molecular complexity index is 896. The molecule has 0 radical (unpaired) electrons. The van der Waals surface area contributed by atoms with E-state index in [9.17, 15) is 4.79 Å². The molecule has 0 aliphatic rings. The molecule has 0 spiro atoms. The van der Waals surface area contributed by atoms with Crippen LogP contribution in [0.2, 0.25) is 5.02 Å². The van der Waals surface area contributed by atoms with Gasteiger partial charge >= 0.3 is 0 Å². The van der Waals surface area contributed by atoms with Crippen molar-refractivity contribution in [3.8, 4) is 5.75 Å². The van der Waals surface area contributed by atoms with Crippen molar-refractivity contribution in [2.45, 2.75) is 13.5 Å². The van der Waals surface area contributed by atoms with E-state index in [-0.39, 0.29) is 5.91 Å². The maximum atomic E-state index is 12.3. The molecule has 2 aromatic carbocycles. The Kier molecular flexibility index (Phi) is 6.28. The van der Waals surface area contributed by atoms with Gasteiger partial charge in [0.2, 0.25) is 0 Å². The van der Waals surface area contributed by atoms with Crippen LogP contribution >= 0.6 is 11.6 Å². The second kappa shape index (κ2) is 9.05. The lowest BCUT2D eigenvalue weighted by Gasteiger charge is -2.12. The number of aromatic nitrogens is 1. The number of halogens is 1. The number of carbonyl (C=O) groups is 1. The molecule has 0 fully saturated rings. The summed E-state index contributed by atoms with van der Waals surface area (Å²) in [6.07, 6.45) is 1.62. The fourth-order valence-electron chi connectivity index (χ4n) is 2.48. The van der Waals surface area contributed by atoms with Crippen LogP contribution in [-0.2, 0) is 6.54 Å². The Morgan fingerprint density at radius 2 is 1.85 bits per heavy atom. The number of nitrogens with zero attached hydrogens (tertiary/aromatic N) is 1. The number of ether oxygens (including phenoxy) is 1. The minimum Gasteiger partial charge on any atom is -0.492 e. The highest BCUT2D eigenvalue weighted by Crippen LogP contribution is 2.27. The summed E-state index contributed by atoms with van der Waals surface area (Å²) in [5.74, 6) is 0.538. The number of benzene rings is 2. The van der Waals surface area contributed by atoms with Gasteiger partial charge in [0.15, 0.2) is 0 Å². The van der Waals surface area contributed by atoms with Crippen molar-refractivity contribution in [3.63, 3.8) is 0 Å². The molecule has 0 saturated carbocycles. The molecule has 6 heteroatoms. The summed E-state index contributed by atoms with van der Waals surface area (Å²) in [6.45, 7) is 2.94. The molecule has 27 heavy (non-hydrogen) atoms. The lowest BCUT2D eigenvalue weighted by Crippen LogP contribution is -2.23. The Hall–Kier alpha value is -3.05. The number of pyridine rings is 1. The van der Waals surface area contributed by atoms with Crippen molar-refractivity contribution in [1.29, 1.82) is 0 Å². The highest BCUT2D eigenvalue weighted by Gasteiger charge is 2.08. The molecule has 1 heterocycles. The number of hydrogen-bond donors (Lipinski definition) is 2. The van der Waals surface area contributed by atoms with Crippen molar-refractivity contribution in [1.82, 2.24) is 10.3 Å². The van der Waals surface area contributed by atoms with Crippen molar-refractivity contribution < 1.29 is 9.53 Å². The van der Waals surface area contributed by atoms with Crippen molar-refractivity contribution in [2.75, 3.05) is 11.9 Å². The van der Waals surface area contributed by atoms with Gasteiger partial charge in [-0.3, -0.25) is 4.79 Å². The van der Waals surface area contributed by atoms with Crippen LogP contribution in [-0.4, -0.2) is 17.5 Å². The summed E-state index contributed by atoms with van der Waals surface area (Å²) in [4.78, 5) is 16.5. The predicted molar refractivity (Wildman–Crippen MR) is 108 cm³/mol. The first-order valence-corrected chi connectivity index (χ1v) is 9.01. The third kappa shape index (κ3) is 5.21. The fourth-order valence-corrected chi connectivity index (χ4v) is 2.61. The maximum Gasteiger partial charge on any atom is 0.270 e. The number of amides is 1. The van der Waals surface area contributed by atoms with E-state index >= 15 is 0 Å². The summed E-state index contributed by atoms with van der Waals surface area (Å²) < 4.78 is 5.60. The highest BCUT2D eigenvalue weighted by atomic mass is 35.5. The number of nitrogens with one attached hydrogen (secondary N) is 2. The monoisotopic (exact) mass is 381 g/mol. The summed E-state index contributed by atoms with van der Waals surface area (Å²) in [5.41, 5.74) is 2.95. The van der Waals surface area contributed by atoms with Crippen LogP contribution in [0.4, 0.5) is 11.4 Å². The molecule has 1 aromatic heterocycles. The van der Waals surface area contributed by atoms with Crippen LogP contribution in [0.25, 0.3) is 0 Å². The van der Waals surface area contributed by atoms with Crippen molar-refractivity contribution in [2.24, 2.45) is 0 Å². The molecule has 0 bridgehead atoms. The van der Waals surface area contributed by atoms with Crippen LogP contribution in [0.15, 0.2) is 66.9 Å². The van der Waals surface area contributed by atoms with Gasteiger partial charge in [0.05, 0.1) is 24.2 Å². The standard InChI is InChI=1S/C21H20ClN3O2/c1-2-27-20-6-4-3-5-18(20)25-17-11-12-19(23-14-17)21(26)24-13-15-7-9-16(22)10-8-15/h3-12,14,25H,2,13H2,1H3,(H,24,26). The van der Waals surface area contributed by atoms with Crippen molar-refractivity contribution >= 4 is 28.9 Å². The van der Waals surface area contributed by atoms with Gasteiger partial charge in [-0.05, 0) is 48.9 Å². The number of hydrogen-bond acceptors (Lipinski definition) is 4. The normalized spacial score (nSPS) is 10.3. The zero-order chi connectivity index (χ0) is 19.1. The molecule has 1 amide bonds. The molecule has 2 N–H and O–H groups in total. The second-order valence-electron chi connectivity index (χ2n) is 5.80. The average molecular weight is 382 g/mol. The van der Waals surface area contributed by atoms with Crippen molar-refractivity contribution in [3.05, 3.63) is 83.1 Å². The van der Waals surface area contributed by atoms with E-state index in [4.69, 9.17) is 16.3 Å². The second-order valence-corrected chi connectivity index (χ2v) is 6.23. The van der Waals surface area contributed by atoms with Crippen LogP contribution in [0.5, 0.6) is 5.75 Å². The highest BCUT2D eigenvalue weighted by molar-refractivity contribution is 6.30. The molecule has 0 unspecified atom stereocenters. The van der Waals surface area contributed by atoms with Gasteiger partial charge < -0.3 is 15.4 Å². The van der Waals surface area contributed by atoms with Gasteiger partial charge in [-0.15, -0.1) is 0 Å². The SMILES string of the molecule is CCOc1ccccc1Nc1ccc(C(=O)NCc2ccc(Cl)cc2)nc1.